The summed E-state index contributed by atoms with van der Waals surface area (Å²) >= 11 is 1.54. The number of anilines is 1. The second kappa shape index (κ2) is 6.36. The highest BCUT2D eigenvalue weighted by Crippen LogP contribution is 2.28. The maximum Gasteiger partial charge on any atom is 0.240 e. The van der Waals surface area contributed by atoms with Crippen molar-refractivity contribution in [3.8, 4) is 16.8 Å². The largest absolute Gasteiger partial charge is 0.418 e. The Morgan fingerprint density at radius 3 is 3.00 bits per heavy atom. The van der Waals surface area contributed by atoms with Gasteiger partial charge in [0.2, 0.25) is 17.5 Å². The highest BCUT2D eigenvalue weighted by Gasteiger charge is 2.14. The molecular formula is C13H16N4OS. The first kappa shape index (κ1) is 13.6. The summed E-state index contributed by atoms with van der Waals surface area (Å²) < 4.78 is 5.61. The number of rotatable bonds is 6. The van der Waals surface area contributed by atoms with Crippen molar-refractivity contribution < 1.29 is 4.42 Å². The fourth-order valence-electron chi connectivity index (χ4n) is 1.62. The molecule has 100 valence electrons. The van der Waals surface area contributed by atoms with E-state index < -0.39 is 0 Å². The van der Waals surface area contributed by atoms with Crippen LogP contribution >= 0.6 is 11.3 Å². The van der Waals surface area contributed by atoms with E-state index in [-0.39, 0.29) is 0 Å². The zero-order valence-electron chi connectivity index (χ0n) is 11.0. The molecule has 0 bridgehead atoms. The Kier molecular flexibility index (Phi) is 4.55. The molecule has 2 aromatic heterocycles. The maximum absolute atomic E-state index is 9.06. The number of hydrogen-bond acceptors (Lipinski definition) is 6. The Balaban J connectivity index is 2.02. The van der Waals surface area contributed by atoms with Gasteiger partial charge in [0, 0.05) is 6.54 Å². The third-order valence-corrected chi connectivity index (χ3v) is 3.39. The van der Waals surface area contributed by atoms with E-state index in [2.05, 4.69) is 21.3 Å². The topological polar surface area (TPSA) is 65.1 Å². The molecule has 0 aliphatic rings. The first-order chi connectivity index (χ1) is 9.20. The molecule has 0 unspecified atom stereocenters. The normalized spacial score (nSPS) is 10.6. The van der Waals surface area contributed by atoms with Gasteiger partial charge in [-0.3, -0.25) is 0 Å². The molecule has 2 rings (SSSR count). The van der Waals surface area contributed by atoms with Crippen LogP contribution < -0.4 is 5.32 Å². The van der Waals surface area contributed by atoms with E-state index >= 15 is 0 Å². The van der Waals surface area contributed by atoms with Crippen LogP contribution in [0, 0.1) is 11.3 Å². The molecule has 0 aliphatic carbocycles. The molecule has 0 atom stereocenters. The van der Waals surface area contributed by atoms with Crippen LogP contribution in [0.25, 0.3) is 10.8 Å². The van der Waals surface area contributed by atoms with Crippen molar-refractivity contribution in [2.24, 2.45) is 0 Å². The molecule has 5 nitrogen and oxygen atoms in total. The van der Waals surface area contributed by atoms with Crippen molar-refractivity contribution >= 4 is 17.2 Å². The molecule has 0 saturated carbocycles. The van der Waals surface area contributed by atoms with Gasteiger partial charge in [-0.25, -0.2) is 0 Å². The third kappa shape index (κ3) is 3.56. The van der Waals surface area contributed by atoms with E-state index in [0.29, 0.717) is 17.5 Å². The van der Waals surface area contributed by atoms with E-state index in [1.807, 2.05) is 31.6 Å². The first-order valence-electron chi connectivity index (χ1n) is 6.04. The van der Waals surface area contributed by atoms with Gasteiger partial charge in [-0.15, -0.1) is 11.3 Å². The molecule has 2 heterocycles. The SMILES string of the molecule is CN(C)CCCNc1oc(-c2cccs2)nc1C#N. The van der Waals surface area contributed by atoms with Crippen molar-refractivity contribution in [1.29, 1.82) is 5.26 Å². The van der Waals surface area contributed by atoms with Gasteiger partial charge in [0.25, 0.3) is 0 Å². The van der Waals surface area contributed by atoms with Crippen LogP contribution in [0.4, 0.5) is 5.88 Å². The Morgan fingerprint density at radius 2 is 2.37 bits per heavy atom. The predicted octanol–water partition coefficient (Wildman–Crippen LogP) is 2.64. The van der Waals surface area contributed by atoms with Crippen molar-refractivity contribution in [2.75, 3.05) is 32.5 Å². The van der Waals surface area contributed by atoms with E-state index in [1.54, 1.807) is 11.3 Å². The highest BCUT2D eigenvalue weighted by molar-refractivity contribution is 7.13. The fourth-order valence-corrected chi connectivity index (χ4v) is 2.27. The summed E-state index contributed by atoms with van der Waals surface area (Å²) in [5, 5.41) is 14.1. The van der Waals surface area contributed by atoms with Crippen molar-refractivity contribution in [1.82, 2.24) is 9.88 Å². The standard InChI is InChI=1S/C13H16N4OS/c1-17(2)7-4-6-15-12-10(9-14)16-13(18-12)11-5-3-8-19-11/h3,5,8,15H,4,6-7H2,1-2H3. The van der Waals surface area contributed by atoms with Crippen LogP contribution in [0.3, 0.4) is 0 Å². The summed E-state index contributed by atoms with van der Waals surface area (Å²) in [5.74, 6) is 0.964. The van der Waals surface area contributed by atoms with E-state index in [9.17, 15) is 0 Å². The molecule has 0 aliphatic heterocycles. The van der Waals surface area contributed by atoms with Crippen molar-refractivity contribution in [2.45, 2.75) is 6.42 Å². The van der Waals surface area contributed by atoms with Crippen LogP contribution in [-0.2, 0) is 0 Å². The lowest BCUT2D eigenvalue weighted by Gasteiger charge is -2.08. The number of hydrogen-bond donors (Lipinski definition) is 1. The Labute approximate surface area is 116 Å². The van der Waals surface area contributed by atoms with Gasteiger partial charge in [-0.2, -0.15) is 10.2 Å². The number of oxazole rings is 1. The lowest BCUT2D eigenvalue weighted by atomic mass is 10.4. The molecule has 0 spiro atoms. The molecule has 0 radical (unpaired) electrons. The number of nitrogens with one attached hydrogen (secondary N) is 1. The first-order valence-corrected chi connectivity index (χ1v) is 6.92. The quantitative estimate of drug-likeness (QED) is 0.822. The van der Waals surface area contributed by atoms with Gasteiger partial charge in [-0.1, -0.05) is 6.07 Å². The summed E-state index contributed by atoms with van der Waals surface area (Å²) in [4.78, 5) is 7.24. The molecular weight excluding hydrogens is 260 g/mol. The zero-order valence-corrected chi connectivity index (χ0v) is 11.8. The summed E-state index contributed by atoms with van der Waals surface area (Å²) in [7, 11) is 4.06. The maximum atomic E-state index is 9.06. The van der Waals surface area contributed by atoms with Gasteiger partial charge in [0.05, 0.1) is 4.88 Å². The molecule has 2 aromatic rings. The van der Waals surface area contributed by atoms with Gasteiger partial charge in [-0.05, 0) is 38.5 Å². The van der Waals surface area contributed by atoms with Crippen LogP contribution in [0.5, 0.6) is 0 Å². The van der Waals surface area contributed by atoms with Crippen molar-refractivity contribution in [3.63, 3.8) is 0 Å². The molecule has 19 heavy (non-hydrogen) atoms. The van der Waals surface area contributed by atoms with Gasteiger partial charge >= 0.3 is 0 Å². The minimum absolute atomic E-state index is 0.313. The molecule has 0 amide bonds. The lowest BCUT2D eigenvalue weighted by Crippen LogP contribution is -2.16. The summed E-state index contributed by atoms with van der Waals surface area (Å²) in [5.41, 5.74) is 0.313. The second-order valence-electron chi connectivity index (χ2n) is 4.37. The average molecular weight is 276 g/mol. The van der Waals surface area contributed by atoms with Crippen LogP contribution in [0.1, 0.15) is 12.1 Å². The summed E-state index contributed by atoms with van der Waals surface area (Å²) in [6.45, 7) is 1.74. The van der Waals surface area contributed by atoms with Crippen LogP contribution in [0.2, 0.25) is 0 Å². The Morgan fingerprint density at radius 1 is 1.53 bits per heavy atom. The third-order valence-electron chi connectivity index (χ3n) is 2.53. The second-order valence-corrected chi connectivity index (χ2v) is 5.32. The number of aromatic nitrogens is 1. The number of nitrogens with zero attached hydrogens (tertiary/aromatic N) is 3. The summed E-state index contributed by atoms with van der Waals surface area (Å²) in [6, 6.07) is 5.91. The van der Waals surface area contributed by atoms with E-state index in [1.165, 1.54) is 0 Å². The van der Waals surface area contributed by atoms with E-state index in [4.69, 9.17) is 9.68 Å². The molecule has 1 N–H and O–H groups in total. The van der Waals surface area contributed by atoms with Crippen molar-refractivity contribution in [3.05, 3.63) is 23.2 Å². The smallest absolute Gasteiger partial charge is 0.240 e. The monoisotopic (exact) mass is 276 g/mol. The van der Waals surface area contributed by atoms with Crippen LogP contribution in [-0.4, -0.2) is 37.1 Å². The minimum Gasteiger partial charge on any atom is -0.418 e. The predicted molar refractivity (Wildman–Crippen MR) is 76.2 cm³/mol. The van der Waals surface area contributed by atoms with E-state index in [0.717, 1.165) is 24.4 Å². The highest BCUT2D eigenvalue weighted by atomic mass is 32.1. The Bertz CT molecular complexity index is 554. The number of nitriles is 1. The van der Waals surface area contributed by atoms with Gasteiger partial charge in [0.15, 0.2) is 0 Å². The zero-order chi connectivity index (χ0) is 13.7. The fraction of sp³-hybridized carbons (Fsp3) is 0.385. The summed E-state index contributed by atoms with van der Waals surface area (Å²) in [6.07, 6.45) is 0.979. The molecule has 0 fully saturated rings. The molecule has 0 aromatic carbocycles. The average Bonchev–Trinajstić information content (AvgIpc) is 3.02. The molecule has 6 heteroatoms. The minimum atomic E-state index is 0.313. The Hall–Kier alpha value is -1.84. The van der Waals surface area contributed by atoms with Gasteiger partial charge in [0.1, 0.15) is 6.07 Å². The van der Waals surface area contributed by atoms with Gasteiger partial charge < -0.3 is 14.6 Å². The number of thiophene rings is 1. The lowest BCUT2D eigenvalue weighted by molar-refractivity contribution is 0.404. The molecule has 0 saturated heterocycles. The van der Waals surface area contributed by atoms with Crippen LogP contribution in [0.15, 0.2) is 21.9 Å².